The number of rotatable bonds is 6. The van der Waals surface area contributed by atoms with Crippen LogP contribution in [-0.4, -0.2) is 43.7 Å². The van der Waals surface area contributed by atoms with Crippen LogP contribution in [-0.2, 0) is 10.0 Å². The summed E-state index contributed by atoms with van der Waals surface area (Å²) < 4.78 is 24.4. The van der Waals surface area contributed by atoms with Crippen molar-refractivity contribution in [2.45, 2.75) is 39.8 Å². The molecule has 0 aromatic heterocycles. The van der Waals surface area contributed by atoms with E-state index >= 15 is 0 Å². The van der Waals surface area contributed by atoms with Crippen LogP contribution in [0.25, 0.3) is 0 Å². The van der Waals surface area contributed by atoms with Crippen LogP contribution in [0.5, 0.6) is 0 Å². The van der Waals surface area contributed by atoms with Crippen LogP contribution in [0, 0.1) is 0 Å². The first-order chi connectivity index (χ1) is 7.15. The number of nitrogens with two attached hydrogens (primary N) is 1. The monoisotopic (exact) mass is 251 g/mol. The van der Waals surface area contributed by atoms with E-state index in [1.807, 2.05) is 32.6 Å². The Kier molecular flexibility index (Phi) is 5.74. The summed E-state index contributed by atoms with van der Waals surface area (Å²) in [6.07, 6.45) is 0. The largest absolute Gasteiger partial charge is 0.351 e. The summed E-state index contributed by atoms with van der Waals surface area (Å²) in [7, 11) is -3.61. The third kappa shape index (κ3) is 5.92. The number of primary amides is 1. The first-order valence-electron chi connectivity index (χ1n) is 5.21. The fourth-order valence-corrected chi connectivity index (χ4v) is 2.40. The predicted molar refractivity (Wildman–Crippen MR) is 63.5 cm³/mol. The predicted octanol–water partition coefficient (Wildman–Crippen LogP) is 0.103. The van der Waals surface area contributed by atoms with Gasteiger partial charge < -0.3 is 5.73 Å². The van der Waals surface area contributed by atoms with Gasteiger partial charge in [-0.1, -0.05) is 0 Å². The van der Waals surface area contributed by atoms with Crippen LogP contribution in [0.3, 0.4) is 0 Å². The number of carbonyl (C=O) groups excluding carboxylic acids is 1. The highest BCUT2D eigenvalue weighted by atomic mass is 32.2. The van der Waals surface area contributed by atoms with Crippen molar-refractivity contribution in [2.75, 3.05) is 12.3 Å². The van der Waals surface area contributed by atoms with Gasteiger partial charge >= 0.3 is 6.03 Å². The minimum Gasteiger partial charge on any atom is -0.351 e. The molecule has 7 heteroatoms. The van der Waals surface area contributed by atoms with E-state index < -0.39 is 16.1 Å². The van der Waals surface area contributed by atoms with Gasteiger partial charge in [-0.3, -0.25) is 4.90 Å². The smallest absolute Gasteiger partial charge is 0.325 e. The Bertz CT molecular complexity index is 317. The van der Waals surface area contributed by atoms with Crippen molar-refractivity contribution in [1.29, 1.82) is 0 Å². The summed E-state index contributed by atoms with van der Waals surface area (Å²) >= 11 is 0. The standard InChI is InChI=1S/C9H21N3O3S/c1-7(2)12(8(3)4)5-6-16(14,15)11-9(10)13/h7-8H,5-6H2,1-4H3,(H3,10,11,13). The highest BCUT2D eigenvalue weighted by molar-refractivity contribution is 7.90. The molecular weight excluding hydrogens is 230 g/mol. The Morgan fingerprint density at radius 2 is 1.69 bits per heavy atom. The van der Waals surface area contributed by atoms with Gasteiger partial charge in [0.25, 0.3) is 0 Å². The molecule has 0 aromatic carbocycles. The van der Waals surface area contributed by atoms with Crippen LogP contribution in [0.4, 0.5) is 4.79 Å². The molecule has 96 valence electrons. The van der Waals surface area contributed by atoms with Gasteiger partial charge in [0, 0.05) is 18.6 Å². The molecule has 0 unspecified atom stereocenters. The van der Waals surface area contributed by atoms with Gasteiger partial charge in [0.2, 0.25) is 10.0 Å². The van der Waals surface area contributed by atoms with Gasteiger partial charge in [-0.2, -0.15) is 0 Å². The van der Waals surface area contributed by atoms with Crippen LogP contribution in [0.1, 0.15) is 27.7 Å². The Hall–Kier alpha value is -0.820. The molecule has 2 amide bonds. The minimum atomic E-state index is -3.61. The molecule has 0 saturated carbocycles. The fraction of sp³-hybridized carbons (Fsp3) is 0.889. The molecule has 0 fully saturated rings. The Morgan fingerprint density at radius 1 is 1.25 bits per heavy atom. The van der Waals surface area contributed by atoms with E-state index in [1.165, 1.54) is 0 Å². The van der Waals surface area contributed by atoms with Crippen LogP contribution in [0.15, 0.2) is 0 Å². The second kappa shape index (κ2) is 6.05. The molecule has 0 saturated heterocycles. The van der Waals surface area contributed by atoms with Crippen LogP contribution in [0.2, 0.25) is 0 Å². The van der Waals surface area contributed by atoms with E-state index in [9.17, 15) is 13.2 Å². The molecule has 0 bridgehead atoms. The molecule has 0 rings (SSSR count). The summed E-state index contributed by atoms with van der Waals surface area (Å²) in [5.41, 5.74) is 4.76. The Balaban J connectivity index is 4.36. The van der Waals surface area contributed by atoms with Crippen molar-refractivity contribution in [3.8, 4) is 0 Å². The lowest BCUT2D eigenvalue weighted by molar-refractivity contribution is 0.186. The number of hydrogen-bond acceptors (Lipinski definition) is 4. The third-order valence-electron chi connectivity index (χ3n) is 2.20. The fourth-order valence-electron chi connectivity index (χ4n) is 1.54. The van der Waals surface area contributed by atoms with Crippen molar-refractivity contribution in [2.24, 2.45) is 5.73 Å². The van der Waals surface area contributed by atoms with Crippen molar-refractivity contribution in [1.82, 2.24) is 9.62 Å². The first-order valence-corrected chi connectivity index (χ1v) is 6.86. The van der Waals surface area contributed by atoms with Gasteiger partial charge in [-0.25, -0.2) is 17.9 Å². The number of sulfonamides is 1. The van der Waals surface area contributed by atoms with Crippen LogP contribution >= 0.6 is 0 Å². The van der Waals surface area contributed by atoms with Gasteiger partial charge in [-0.05, 0) is 27.7 Å². The summed E-state index contributed by atoms with van der Waals surface area (Å²) in [6.45, 7) is 8.35. The maximum atomic E-state index is 11.4. The second-order valence-corrected chi connectivity index (χ2v) is 6.05. The Morgan fingerprint density at radius 3 is 2.00 bits per heavy atom. The number of amides is 2. The van der Waals surface area contributed by atoms with E-state index in [4.69, 9.17) is 5.73 Å². The number of nitrogens with zero attached hydrogens (tertiary/aromatic N) is 1. The zero-order valence-electron chi connectivity index (χ0n) is 10.2. The van der Waals surface area contributed by atoms with E-state index in [0.717, 1.165) is 0 Å². The molecule has 0 aliphatic heterocycles. The molecule has 0 spiro atoms. The lowest BCUT2D eigenvalue weighted by Crippen LogP contribution is -2.43. The SMILES string of the molecule is CC(C)N(CCS(=O)(=O)NC(N)=O)C(C)C. The van der Waals surface area contributed by atoms with E-state index in [2.05, 4.69) is 0 Å². The van der Waals surface area contributed by atoms with E-state index in [0.29, 0.717) is 6.54 Å². The maximum absolute atomic E-state index is 11.4. The summed E-state index contributed by atoms with van der Waals surface area (Å²) in [6, 6.07) is -0.534. The van der Waals surface area contributed by atoms with Crippen molar-refractivity contribution in [3.63, 3.8) is 0 Å². The minimum absolute atomic E-state index is 0.133. The van der Waals surface area contributed by atoms with Crippen molar-refractivity contribution >= 4 is 16.1 Å². The van der Waals surface area contributed by atoms with Crippen LogP contribution < -0.4 is 10.5 Å². The molecule has 0 aliphatic rings. The maximum Gasteiger partial charge on any atom is 0.325 e. The molecule has 0 radical (unpaired) electrons. The highest BCUT2D eigenvalue weighted by Gasteiger charge is 2.18. The molecular formula is C9H21N3O3S. The van der Waals surface area contributed by atoms with Crippen molar-refractivity contribution in [3.05, 3.63) is 0 Å². The molecule has 6 nitrogen and oxygen atoms in total. The average molecular weight is 251 g/mol. The lowest BCUT2D eigenvalue weighted by atomic mass is 10.2. The number of urea groups is 1. The number of carbonyl (C=O) groups is 1. The average Bonchev–Trinajstić information content (AvgIpc) is 1.99. The summed E-state index contributed by atoms with van der Waals surface area (Å²) in [5, 5.41) is 0. The van der Waals surface area contributed by atoms with Gasteiger partial charge in [0.1, 0.15) is 0 Å². The van der Waals surface area contributed by atoms with Gasteiger partial charge in [0.05, 0.1) is 5.75 Å². The van der Waals surface area contributed by atoms with E-state index in [1.54, 1.807) is 4.72 Å². The first kappa shape index (κ1) is 15.2. The second-order valence-electron chi connectivity index (χ2n) is 4.21. The summed E-state index contributed by atoms with van der Waals surface area (Å²) in [5.74, 6) is -0.133. The highest BCUT2D eigenvalue weighted by Crippen LogP contribution is 2.04. The molecule has 0 aromatic rings. The zero-order valence-corrected chi connectivity index (χ0v) is 11.0. The molecule has 0 heterocycles. The van der Waals surface area contributed by atoms with E-state index in [-0.39, 0.29) is 17.8 Å². The molecule has 3 N–H and O–H groups in total. The number of hydrogen-bond donors (Lipinski definition) is 2. The van der Waals surface area contributed by atoms with Gasteiger partial charge in [0.15, 0.2) is 0 Å². The topological polar surface area (TPSA) is 92.5 Å². The molecule has 0 aliphatic carbocycles. The van der Waals surface area contributed by atoms with Crippen molar-refractivity contribution < 1.29 is 13.2 Å². The Labute approximate surface area is 97.2 Å². The normalized spacial score (nSPS) is 12.4. The third-order valence-corrected chi connectivity index (χ3v) is 3.43. The number of nitrogens with one attached hydrogen (secondary N) is 1. The molecule has 0 atom stereocenters. The lowest BCUT2D eigenvalue weighted by Gasteiger charge is -2.30. The zero-order chi connectivity index (χ0) is 12.9. The summed E-state index contributed by atoms with van der Waals surface area (Å²) in [4.78, 5) is 12.5. The van der Waals surface area contributed by atoms with Gasteiger partial charge in [-0.15, -0.1) is 0 Å². The molecule has 16 heavy (non-hydrogen) atoms. The quantitative estimate of drug-likeness (QED) is 0.700.